The second-order valence-electron chi connectivity index (χ2n) is 5.75. The number of methoxy groups -OCH3 is 1. The predicted molar refractivity (Wildman–Crippen MR) is 76.9 cm³/mol. The topological polar surface area (TPSA) is 38.3 Å². The summed E-state index contributed by atoms with van der Waals surface area (Å²) in [4.78, 5) is 12.4. The fourth-order valence-electron chi connectivity index (χ4n) is 3.15. The fourth-order valence-corrected chi connectivity index (χ4v) is 3.15. The maximum Gasteiger partial charge on any atom is 0.331 e. The molecule has 3 atom stereocenters. The first-order valence-corrected chi connectivity index (χ1v) is 7.12. The van der Waals surface area contributed by atoms with E-state index in [1.807, 2.05) is 0 Å². The molecule has 1 aliphatic rings. The van der Waals surface area contributed by atoms with E-state index in [0.29, 0.717) is 5.92 Å². The molecule has 0 saturated heterocycles. The Morgan fingerprint density at radius 2 is 2.00 bits per heavy atom. The summed E-state index contributed by atoms with van der Waals surface area (Å²) in [6.07, 6.45) is 2.84. The van der Waals surface area contributed by atoms with Crippen LogP contribution < -0.4 is 5.32 Å². The summed E-state index contributed by atoms with van der Waals surface area (Å²) in [7, 11) is 1.42. The molecule has 3 unspecified atom stereocenters. The summed E-state index contributed by atoms with van der Waals surface area (Å²) in [5, 5.41) is 3.31. The van der Waals surface area contributed by atoms with E-state index in [2.05, 4.69) is 19.2 Å². The van der Waals surface area contributed by atoms with E-state index in [1.54, 1.807) is 12.1 Å². The second-order valence-corrected chi connectivity index (χ2v) is 5.75. The summed E-state index contributed by atoms with van der Waals surface area (Å²) >= 11 is 0. The molecule has 20 heavy (non-hydrogen) atoms. The molecule has 1 fully saturated rings. The molecule has 0 bridgehead atoms. The Labute approximate surface area is 119 Å². The van der Waals surface area contributed by atoms with Crippen molar-refractivity contribution in [3.63, 3.8) is 0 Å². The van der Waals surface area contributed by atoms with Crippen LogP contribution in [0.1, 0.15) is 33.1 Å². The highest BCUT2D eigenvalue weighted by atomic mass is 19.1. The maximum atomic E-state index is 13.0. The van der Waals surface area contributed by atoms with Crippen LogP contribution >= 0.6 is 0 Å². The Bertz CT molecular complexity index is 474. The zero-order chi connectivity index (χ0) is 14.8. The molecule has 0 spiro atoms. The van der Waals surface area contributed by atoms with Gasteiger partial charge in [0.25, 0.3) is 0 Å². The SMILES string of the molecule is COC(=O)C1(Nc2ccc(F)cc2)CCCC(C)C1C. The van der Waals surface area contributed by atoms with E-state index in [-0.39, 0.29) is 17.7 Å². The van der Waals surface area contributed by atoms with Crippen LogP contribution in [0, 0.1) is 17.7 Å². The quantitative estimate of drug-likeness (QED) is 0.859. The molecule has 110 valence electrons. The molecule has 0 aliphatic heterocycles. The first-order chi connectivity index (χ1) is 9.49. The lowest BCUT2D eigenvalue weighted by Crippen LogP contribution is -2.56. The highest BCUT2D eigenvalue weighted by Gasteiger charge is 2.48. The molecule has 4 heteroatoms. The van der Waals surface area contributed by atoms with Gasteiger partial charge >= 0.3 is 5.97 Å². The Morgan fingerprint density at radius 1 is 1.35 bits per heavy atom. The zero-order valence-electron chi connectivity index (χ0n) is 12.3. The van der Waals surface area contributed by atoms with Crippen molar-refractivity contribution in [2.45, 2.75) is 38.6 Å². The molecule has 1 aromatic carbocycles. The number of esters is 1. The molecular formula is C16H22FNO2. The van der Waals surface area contributed by atoms with Crippen molar-refractivity contribution >= 4 is 11.7 Å². The molecule has 2 rings (SSSR count). The van der Waals surface area contributed by atoms with Gasteiger partial charge in [-0.25, -0.2) is 9.18 Å². The number of ether oxygens (including phenoxy) is 1. The molecule has 0 radical (unpaired) electrons. The average Bonchev–Trinajstić information content (AvgIpc) is 2.45. The number of benzene rings is 1. The Morgan fingerprint density at radius 3 is 2.60 bits per heavy atom. The van der Waals surface area contributed by atoms with Gasteiger partial charge in [0, 0.05) is 5.69 Å². The van der Waals surface area contributed by atoms with Crippen molar-refractivity contribution in [3.8, 4) is 0 Å². The van der Waals surface area contributed by atoms with Gasteiger partial charge in [-0.1, -0.05) is 26.7 Å². The summed E-state index contributed by atoms with van der Waals surface area (Å²) in [5.74, 6) is 0.0816. The molecule has 0 amide bonds. The van der Waals surface area contributed by atoms with Gasteiger partial charge in [-0.2, -0.15) is 0 Å². The first-order valence-electron chi connectivity index (χ1n) is 7.12. The van der Waals surface area contributed by atoms with Crippen molar-refractivity contribution in [1.29, 1.82) is 0 Å². The highest BCUT2D eigenvalue weighted by molar-refractivity contribution is 5.85. The van der Waals surface area contributed by atoms with E-state index in [0.717, 1.165) is 24.9 Å². The first kappa shape index (κ1) is 14.8. The van der Waals surface area contributed by atoms with Crippen molar-refractivity contribution < 1.29 is 13.9 Å². The zero-order valence-corrected chi connectivity index (χ0v) is 12.3. The van der Waals surface area contributed by atoms with E-state index in [1.165, 1.54) is 19.2 Å². The third-order valence-corrected chi connectivity index (χ3v) is 4.62. The van der Waals surface area contributed by atoms with Gasteiger partial charge in [0.2, 0.25) is 0 Å². The number of nitrogens with one attached hydrogen (secondary N) is 1. The van der Waals surface area contributed by atoms with Crippen molar-refractivity contribution in [2.75, 3.05) is 12.4 Å². The number of carbonyl (C=O) groups excluding carboxylic acids is 1. The number of carbonyl (C=O) groups is 1. The third kappa shape index (κ3) is 2.65. The standard InChI is InChI=1S/C16H22FNO2/c1-11-5-4-10-16(12(11)2,15(19)20-3)18-14-8-6-13(17)7-9-14/h6-9,11-12,18H,4-5,10H2,1-3H3. The number of halogens is 1. The maximum absolute atomic E-state index is 13.0. The molecule has 1 saturated carbocycles. The fraction of sp³-hybridized carbons (Fsp3) is 0.562. The second kappa shape index (κ2) is 5.81. The van der Waals surface area contributed by atoms with Crippen LogP contribution in [0.25, 0.3) is 0 Å². The van der Waals surface area contributed by atoms with Crippen LogP contribution in [0.2, 0.25) is 0 Å². The van der Waals surface area contributed by atoms with Gasteiger partial charge in [0.1, 0.15) is 11.4 Å². The van der Waals surface area contributed by atoms with Crippen LogP contribution in [-0.4, -0.2) is 18.6 Å². The molecule has 3 nitrogen and oxygen atoms in total. The summed E-state index contributed by atoms with van der Waals surface area (Å²) in [6.45, 7) is 4.24. The van der Waals surface area contributed by atoms with Crippen molar-refractivity contribution in [1.82, 2.24) is 0 Å². The number of hydrogen-bond donors (Lipinski definition) is 1. The van der Waals surface area contributed by atoms with Crippen molar-refractivity contribution in [3.05, 3.63) is 30.1 Å². The Hall–Kier alpha value is -1.58. The smallest absolute Gasteiger partial charge is 0.331 e. The predicted octanol–water partition coefficient (Wildman–Crippen LogP) is 3.61. The minimum atomic E-state index is -0.718. The van der Waals surface area contributed by atoms with E-state index < -0.39 is 5.54 Å². The van der Waals surface area contributed by atoms with Crippen molar-refractivity contribution in [2.24, 2.45) is 11.8 Å². The summed E-state index contributed by atoms with van der Waals surface area (Å²) in [6, 6.07) is 6.10. The van der Waals surface area contributed by atoms with Crippen LogP contribution in [0.5, 0.6) is 0 Å². The minimum Gasteiger partial charge on any atom is -0.467 e. The third-order valence-electron chi connectivity index (χ3n) is 4.62. The number of anilines is 1. The van der Waals surface area contributed by atoms with Crippen LogP contribution in [0.15, 0.2) is 24.3 Å². The van der Waals surface area contributed by atoms with Crippen LogP contribution in [0.4, 0.5) is 10.1 Å². The van der Waals surface area contributed by atoms with Gasteiger partial charge in [-0.05, 0) is 42.5 Å². The minimum absolute atomic E-state index is 0.161. The summed E-state index contributed by atoms with van der Waals surface area (Å²) < 4.78 is 18.0. The molecular weight excluding hydrogens is 257 g/mol. The lowest BCUT2D eigenvalue weighted by atomic mass is 9.68. The largest absolute Gasteiger partial charge is 0.467 e. The monoisotopic (exact) mass is 279 g/mol. The van der Waals surface area contributed by atoms with Gasteiger partial charge < -0.3 is 10.1 Å². The molecule has 1 N–H and O–H groups in total. The normalized spacial score (nSPS) is 29.8. The lowest BCUT2D eigenvalue weighted by molar-refractivity contribution is -0.150. The Kier molecular flexibility index (Phi) is 4.31. The lowest BCUT2D eigenvalue weighted by Gasteiger charge is -2.44. The molecule has 1 aromatic rings. The van der Waals surface area contributed by atoms with Gasteiger partial charge in [0.15, 0.2) is 0 Å². The van der Waals surface area contributed by atoms with E-state index >= 15 is 0 Å². The van der Waals surface area contributed by atoms with Crippen LogP contribution in [0.3, 0.4) is 0 Å². The summed E-state index contributed by atoms with van der Waals surface area (Å²) in [5.41, 5.74) is 0.0299. The van der Waals surface area contributed by atoms with Crippen LogP contribution in [-0.2, 0) is 9.53 Å². The van der Waals surface area contributed by atoms with E-state index in [9.17, 15) is 9.18 Å². The molecule has 1 aliphatic carbocycles. The molecule has 0 heterocycles. The number of rotatable bonds is 3. The molecule has 0 aromatic heterocycles. The average molecular weight is 279 g/mol. The highest BCUT2D eigenvalue weighted by Crippen LogP contribution is 2.40. The Balaban J connectivity index is 2.32. The van der Waals surface area contributed by atoms with Gasteiger partial charge in [-0.3, -0.25) is 0 Å². The van der Waals surface area contributed by atoms with Gasteiger partial charge in [-0.15, -0.1) is 0 Å². The number of hydrogen-bond acceptors (Lipinski definition) is 3. The van der Waals surface area contributed by atoms with E-state index in [4.69, 9.17) is 4.74 Å². The van der Waals surface area contributed by atoms with Gasteiger partial charge in [0.05, 0.1) is 7.11 Å².